The molecule has 1 fully saturated rings. The Morgan fingerprint density at radius 3 is 2.69 bits per heavy atom. The molecule has 1 aromatic carbocycles. The molecule has 26 heavy (non-hydrogen) atoms. The summed E-state index contributed by atoms with van der Waals surface area (Å²) < 4.78 is 5.54. The first-order valence-corrected chi connectivity index (χ1v) is 9.62. The van der Waals surface area contributed by atoms with Gasteiger partial charge in [0.1, 0.15) is 0 Å². The third kappa shape index (κ3) is 3.78. The van der Waals surface area contributed by atoms with Gasteiger partial charge in [-0.3, -0.25) is 10.1 Å². The second-order valence-corrected chi connectivity index (χ2v) is 8.27. The smallest absolute Gasteiger partial charge is 0.321 e. The topological polar surface area (TPSA) is 67.4 Å². The number of urea groups is 1. The summed E-state index contributed by atoms with van der Waals surface area (Å²) in [6.07, 6.45) is 6.82. The van der Waals surface area contributed by atoms with Crippen molar-refractivity contribution in [2.75, 3.05) is 7.11 Å². The Balaban J connectivity index is 1.90. The molecular weight excluding hydrogens is 328 g/mol. The van der Waals surface area contributed by atoms with E-state index in [9.17, 15) is 9.59 Å². The Bertz CT molecular complexity index is 663. The van der Waals surface area contributed by atoms with Crippen molar-refractivity contribution in [3.05, 3.63) is 34.9 Å². The third-order valence-corrected chi connectivity index (χ3v) is 6.05. The highest BCUT2D eigenvalue weighted by Crippen LogP contribution is 2.54. The predicted molar refractivity (Wildman–Crippen MR) is 101 cm³/mol. The summed E-state index contributed by atoms with van der Waals surface area (Å²) in [5.41, 5.74) is 3.88. The molecule has 1 atom stereocenters. The fourth-order valence-electron chi connectivity index (χ4n) is 4.81. The lowest BCUT2D eigenvalue weighted by Crippen LogP contribution is -2.45. The molecule has 1 saturated carbocycles. The van der Waals surface area contributed by atoms with Gasteiger partial charge in [-0.2, -0.15) is 0 Å². The number of fused-ring (bicyclic) bond motifs is 1. The summed E-state index contributed by atoms with van der Waals surface area (Å²) in [6, 6.07) is 6.25. The second-order valence-electron chi connectivity index (χ2n) is 8.27. The lowest BCUT2D eigenvalue weighted by molar-refractivity contribution is -0.108. The number of imide groups is 1. The van der Waals surface area contributed by atoms with Crippen LogP contribution in [0.15, 0.2) is 18.2 Å². The monoisotopic (exact) mass is 358 g/mol. The molecule has 3 rings (SSSR count). The zero-order chi connectivity index (χ0) is 18.7. The fraction of sp³-hybridized carbons (Fsp3) is 0.619. The summed E-state index contributed by atoms with van der Waals surface area (Å²) >= 11 is 0. The van der Waals surface area contributed by atoms with E-state index in [0.29, 0.717) is 18.4 Å². The van der Waals surface area contributed by atoms with Crippen LogP contribution in [-0.4, -0.2) is 25.7 Å². The zero-order valence-corrected chi connectivity index (χ0v) is 16.0. The Labute approximate surface area is 155 Å². The number of hydrogen-bond donors (Lipinski definition) is 2. The molecule has 0 heterocycles. The molecule has 0 saturated heterocycles. The van der Waals surface area contributed by atoms with Crippen molar-refractivity contribution in [2.24, 2.45) is 11.3 Å². The van der Waals surface area contributed by atoms with Gasteiger partial charge in [0.2, 0.25) is 6.41 Å². The van der Waals surface area contributed by atoms with Crippen LogP contribution in [0.4, 0.5) is 4.79 Å². The Morgan fingerprint density at radius 2 is 2.08 bits per heavy atom. The van der Waals surface area contributed by atoms with Gasteiger partial charge in [0.25, 0.3) is 0 Å². The predicted octanol–water partition coefficient (Wildman–Crippen LogP) is 3.51. The maximum Gasteiger partial charge on any atom is 0.321 e. The average Bonchev–Trinajstić information content (AvgIpc) is 2.88. The molecule has 0 bridgehead atoms. The molecule has 3 amide bonds. The van der Waals surface area contributed by atoms with Crippen LogP contribution in [0, 0.1) is 11.3 Å². The van der Waals surface area contributed by atoms with E-state index in [-0.39, 0.29) is 11.5 Å². The van der Waals surface area contributed by atoms with E-state index < -0.39 is 6.03 Å². The van der Waals surface area contributed by atoms with Gasteiger partial charge in [0, 0.05) is 7.11 Å². The maximum atomic E-state index is 12.1. The van der Waals surface area contributed by atoms with E-state index in [1.54, 1.807) is 7.11 Å². The van der Waals surface area contributed by atoms with Crippen molar-refractivity contribution in [1.29, 1.82) is 0 Å². The summed E-state index contributed by atoms with van der Waals surface area (Å²) in [4.78, 5) is 22.8. The van der Waals surface area contributed by atoms with Crippen molar-refractivity contribution >= 4 is 12.4 Å². The first kappa shape index (κ1) is 18.9. The van der Waals surface area contributed by atoms with Gasteiger partial charge in [-0.25, -0.2) is 4.79 Å². The first-order chi connectivity index (χ1) is 12.5. The van der Waals surface area contributed by atoms with Crippen LogP contribution in [0.1, 0.15) is 62.3 Å². The molecule has 0 aromatic heterocycles. The fourth-order valence-corrected chi connectivity index (χ4v) is 4.81. The van der Waals surface area contributed by atoms with Gasteiger partial charge in [-0.05, 0) is 66.5 Å². The van der Waals surface area contributed by atoms with Crippen LogP contribution in [0.2, 0.25) is 0 Å². The van der Waals surface area contributed by atoms with Gasteiger partial charge in [0.05, 0.1) is 12.1 Å². The molecular formula is C21H30N2O3. The van der Waals surface area contributed by atoms with Crippen LogP contribution in [-0.2, 0) is 22.4 Å². The van der Waals surface area contributed by atoms with Gasteiger partial charge in [-0.1, -0.05) is 32.0 Å². The number of hydrogen-bond acceptors (Lipinski definition) is 3. The molecule has 5 heteroatoms. The maximum absolute atomic E-state index is 12.1. The molecule has 5 nitrogen and oxygen atoms in total. The van der Waals surface area contributed by atoms with Crippen molar-refractivity contribution in [2.45, 2.75) is 64.5 Å². The number of amides is 3. The lowest BCUT2D eigenvalue weighted by Gasteiger charge is -2.41. The Morgan fingerprint density at radius 1 is 1.35 bits per heavy atom. The summed E-state index contributed by atoms with van der Waals surface area (Å²) in [5.74, 6) is 0.588. The van der Waals surface area contributed by atoms with Crippen molar-refractivity contribution in [1.82, 2.24) is 10.6 Å². The summed E-state index contributed by atoms with van der Waals surface area (Å²) in [6.45, 7) is 4.43. The largest absolute Gasteiger partial charge is 0.381 e. The van der Waals surface area contributed by atoms with E-state index in [4.69, 9.17) is 4.74 Å². The number of rotatable bonds is 5. The normalized spacial score (nSPS) is 27.4. The molecule has 1 spiro atoms. The van der Waals surface area contributed by atoms with Crippen molar-refractivity contribution in [3.63, 3.8) is 0 Å². The van der Waals surface area contributed by atoms with Crippen LogP contribution in [0.5, 0.6) is 0 Å². The number of methoxy groups -OCH3 is 1. The quantitative estimate of drug-likeness (QED) is 0.792. The molecule has 1 unspecified atom stereocenters. The van der Waals surface area contributed by atoms with Crippen molar-refractivity contribution < 1.29 is 14.3 Å². The number of benzene rings is 1. The Kier molecular flexibility index (Phi) is 5.66. The highest BCUT2D eigenvalue weighted by Gasteiger charge is 2.48. The third-order valence-electron chi connectivity index (χ3n) is 6.05. The molecule has 2 N–H and O–H groups in total. The lowest BCUT2D eigenvalue weighted by atomic mass is 9.68. The van der Waals surface area contributed by atoms with E-state index in [2.05, 4.69) is 42.7 Å². The number of ether oxygens (including phenoxy) is 1. The van der Waals surface area contributed by atoms with E-state index in [1.165, 1.54) is 16.7 Å². The molecule has 2 aliphatic rings. The minimum atomic E-state index is -0.416. The summed E-state index contributed by atoms with van der Waals surface area (Å²) in [7, 11) is 1.78. The minimum Gasteiger partial charge on any atom is -0.381 e. The molecule has 0 aliphatic heterocycles. The second kappa shape index (κ2) is 7.78. The first-order valence-electron chi connectivity index (χ1n) is 9.62. The van der Waals surface area contributed by atoms with E-state index in [1.807, 2.05) is 0 Å². The Hall–Kier alpha value is -1.88. The van der Waals surface area contributed by atoms with Gasteiger partial charge >= 0.3 is 6.03 Å². The number of carbonyl (C=O) groups is 2. The highest BCUT2D eigenvalue weighted by molar-refractivity contribution is 5.84. The van der Waals surface area contributed by atoms with Gasteiger partial charge in [0.15, 0.2) is 0 Å². The molecule has 142 valence electrons. The highest BCUT2D eigenvalue weighted by atomic mass is 16.5. The van der Waals surface area contributed by atoms with E-state index in [0.717, 1.165) is 38.5 Å². The minimum absolute atomic E-state index is 0.0219. The van der Waals surface area contributed by atoms with Gasteiger partial charge < -0.3 is 10.1 Å². The SMILES string of the molecule is COC1CCC2(CC1)Cc1ccc(CC(C)C)cc1C2NC(=O)NC=O. The van der Waals surface area contributed by atoms with Crippen LogP contribution >= 0.6 is 0 Å². The number of carbonyl (C=O) groups excluding carboxylic acids is 2. The molecule has 0 radical (unpaired) electrons. The average molecular weight is 358 g/mol. The van der Waals surface area contributed by atoms with Crippen LogP contribution < -0.4 is 10.6 Å². The zero-order valence-electron chi connectivity index (χ0n) is 16.0. The van der Waals surface area contributed by atoms with Gasteiger partial charge in [-0.15, -0.1) is 0 Å². The summed E-state index contributed by atoms with van der Waals surface area (Å²) in [5, 5.41) is 5.32. The van der Waals surface area contributed by atoms with E-state index >= 15 is 0 Å². The van der Waals surface area contributed by atoms with Crippen LogP contribution in [0.25, 0.3) is 0 Å². The molecule has 1 aromatic rings. The van der Waals surface area contributed by atoms with Crippen molar-refractivity contribution in [3.8, 4) is 0 Å². The number of nitrogens with one attached hydrogen (secondary N) is 2. The molecule has 2 aliphatic carbocycles. The van der Waals surface area contributed by atoms with Crippen LogP contribution in [0.3, 0.4) is 0 Å². The standard InChI is InChI=1S/C21H30N2O3/c1-14(2)10-15-4-5-16-12-21(8-6-17(26-3)7-9-21)19(18(16)11-15)23-20(25)22-13-24/h4-5,11,13-14,17,19H,6-10,12H2,1-3H3,(H2,22,23,24,25).